The molecule has 17 heavy (non-hydrogen) atoms. The quantitative estimate of drug-likeness (QED) is 0.885. The Bertz CT molecular complexity index is 402. The Morgan fingerprint density at radius 1 is 1.65 bits per heavy atom. The Kier molecular flexibility index (Phi) is 3.79. The molecule has 0 spiro atoms. The number of likely N-dealkylation sites (tertiary alicyclic amines) is 1. The molecule has 1 fully saturated rings. The number of rotatable bonds is 4. The molecule has 1 aliphatic rings. The van der Waals surface area contributed by atoms with E-state index in [1.165, 1.54) is 4.88 Å². The zero-order valence-corrected chi connectivity index (χ0v) is 11.4. The van der Waals surface area contributed by atoms with Gasteiger partial charge < -0.3 is 10.2 Å². The van der Waals surface area contributed by atoms with Gasteiger partial charge in [0.05, 0.1) is 12.6 Å². The number of hydrogen-bond acceptors (Lipinski definition) is 4. The molecule has 1 unspecified atom stereocenters. The fourth-order valence-electron chi connectivity index (χ4n) is 2.09. The molecule has 2 heterocycles. The predicted molar refractivity (Wildman–Crippen MR) is 68.9 cm³/mol. The number of nitrogens with one attached hydrogen (secondary N) is 1. The van der Waals surface area contributed by atoms with Crippen molar-refractivity contribution in [3.05, 3.63) is 16.1 Å². The molecule has 5 heteroatoms. The number of aryl methyl sites for hydroxylation is 1. The minimum Gasteiger partial charge on any atom is -0.335 e. The van der Waals surface area contributed by atoms with Crippen LogP contribution in [0, 0.1) is 6.92 Å². The maximum absolute atomic E-state index is 12.1. The largest absolute Gasteiger partial charge is 0.335 e. The molecule has 0 radical (unpaired) electrons. The molecule has 1 amide bonds. The van der Waals surface area contributed by atoms with Gasteiger partial charge >= 0.3 is 0 Å². The van der Waals surface area contributed by atoms with Gasteiger partial charge in [-0.1, -0.05) is 13.8 Å². The lowest BCUT2D eigenvalue weighted by Crippen LogP contribution is -2.41. The van der Waals surface area contributed by atoms with E-state index in [1.54, 1.807) is 11.3 Å². The average molecular weight is 253 g/mol. The monoisotopic (exact) mass is 253 g/mol. The van der Waals surface area contributed by atoms with E-state index in [4.69, 9.17) is 0 Å². The fraction of sp³-hybridized carbons (Fsp3) is 0.667. The van der Waals surface area contributed by atoms with Crippen molar-refractivity contribution in [1.82, 2.24) is 15.2 Å². The van der Waals surface area contributed by atoms with Crippen LogP contribution in [0.2, 0.25) is 0 Å². The standard InChI is InChI=1S/C12H19N3OS/c1-8(2)14-10-4-5-15(12(10)16)7-11-13-6-9(3)17-11/h6,8,10,14H,4-5,7H2,1-3H3. The molecule has 0 aliphatic carbocycles. The van der Waals surface area contributed by atoms with E-state index in [2.05, 4.69) is 24.1 Å². The highest BCUT2D eigenvalue weighted by Gasteiger charge is 2.31. The van der Waals surface area contributed by atoms with Gasteiger partial charge in [0.2, 0.25) is 5.91 Å². The smallest absolute Gasteiger partial charge is 0.240 e. The average Bonchev–Trinajstić information content (AvgIpc) is 2.79. The van der Waals surface area contributed by atoms with E-state index >= 15 is 0 Å². The highest BCUT2D eigenvalue weighted by molar-refractivity contribution is 7.11. The van der Waals surface area contributed by atoms with Crippen LogP contribution >= 0.6 is 11.3 Å². The normalized spacial score (nSPS) is 20.6. The van der Waals surface area contributed by atoms with Gasteiger partial charge in [-0.25, -0.2) is 4.98 Å². The summed E-state index contributed by atoms with van der Waals surface area (Å²) in [5.74, 6) is 0.214. The molecule has 4 nitrogen and oxygen atoms in total. The van der Waals surface area contributed by atoms with Gasteiger partial charge in [0.25, 0.3) is 0 Å². The molecular formula is C12H19N3OS. The lowest BCUT2D eigenvalue weighted by Gasteiger charge is -2.17. The Labute approximate surface area is 106 Å². The lowest BCUT2D eigenvalue weighted by atomic mass is 10.2. The Morgan fingerprint density at radius 2 is 2.41 bits per heavy atom. The molecule has 0 aromatic carbocycles. The van der Waals surface area contributed by atoms with Crippen LogP contribution < -0.4 is 5.32 Å². The van der Waals surface area contributed by atoms with Crippen molar-refractivity contribution in [2.24, 2.45) is 0 Å². The minimum atomic E-state index is -0.00365. The van der Waals surface area contributed by atoms with Crippen LogP contribution in [0.25, 0.3) is 0 Å². The van der Waals surface area contributed by atoms with Crippen molar-refractivity contribution < 1.29 is 4.79 Å². The number of carbonyl (C=O) groups excluding carboxylic acids is 1. The van der Waals surface area contributed by atoms with Crippen molar-refractivity contribution in [2.75, 3.05) is 6.54 Å². The number of nitrogens with zero attached hydrogens (tertiary/aromatic N) is 2. The SMILES string of the molecule is Cc1cnc(CN2CCC(NC(C)C)C2=O)s1. The molecule has 1 aromatic heterocycles. The fourth-order valence-corrected chi connectivity index (χ4v) is 2.89. The van der Waals surface area contributed by atoms with Crippen LogP contribution in [0.5, 0.6) is 0 Å². The summed E-state index contributed by atoms with van der Waals surface area (Å²) in [6, 6.07) is 0.349. The maximum Gasteiger partial charge on any atom is 0.240 e. The summed E-state index contributed by atoms with van der Waals surface area (Å²) in [7, 11) is 0. The zero-order chi connectivity index (χ0) is 12.4. The Balaban J connectivity index is 1.93. The second-order valence-electron chi connectivity index (χ2n) is 4.79. The molecular weight excluding hydrogens is 234 g/mol. The van der Waals surface area contributed by atoms with Crippen LogP contribution in [0.3, 0.4) is 0 Å². The first-order chi connectivity index (χ1) is 8.06. The first kappa shape index (κ1) is 12.5. The summed E-state index contributed by atoms with van der Waals surface area (Å²) in [4.78, 5) is 19.5. The maximum atomic E-state index is 12.1. The van der Waals surface area contributed by atoms with Crippen LogP contribution in [-0.2, 0) is 11.3 Å². The molecule has 1 N–H and O–H groups in total. The van der Waals surface area contributed by atoms with Crippen molar-refractivity contribution in [3.8, 4) is 0 Å². The van der Waals surface area contributed by atoms with Crippen molar-refractivity contribution in [2.45, 2.75) is 45.8 Å². The molecule has 1 aromatic rings. The molecule has 0 saturated carbocycles. The van der Waals surface area contributed by atoms with Gasteiger partial charge in [-0.15, -0.1) is 11.3 Å². The summed E-state index contributed by atoms with van der Waals surface area (Å²) in [6.45, 7) is 7.67. The molecule has 1 saturated heterocycles. The molecule has 1 atom stereocenters. The van der Waals surface area contributed by atoms with Gasteiger partial charge in [0.15, 0.2) is 0 Å². The highest BCUT2D eigenvalue weighted by Crippen LogP contribution is 2.18. The molecule has 0 bridgehead atoms. The summed E-state index contributed by atoms with van der Waals surface area (Å²) in [6.07, 6.45) is 2.77. The first-order valence-electron chi connectivity index (χ1n) is 6.02. The van der Waals surface area contributed by atoms with E-state index in [-0.39, 0.29) is 11.9 Å². The van der Waals surface area contributed by atoms with Crippen LogP contribution in [-0.4, -0.2) is 34.4 Å². The summed E-state index contributed by atoms with van der Waals surface area (Å²) in [5.41, 5.74) is 0. The van der Waals surface area contributed by atoms with Gasteiger partial charge in [-0.05, 0) is 13.3 Å². The predicted octanol–water partition coefficient (Wildman–Crippen LogP) is 1.55. The number of hydrogen-bond donors (Lipinski definition) is 1. The number of aromatic nitrogens is 1. The lowest BCUT2D eigenvalue weighted by molar-refractivity contribution is -0.130. The van der Waals surface area contributed by atoms with Crippen LogP contribution in [0.1, 0.15) is 30.2 Å². The second kappa shape index (κ2) is 5.14. The molecule has 2 rings (SSSR count). The van der Waals surface area contributed by atoms with E-state index in [1.807, 2.05) is 18.0 Å². The third-order valence-corrected chi connectivity index (χ3v) is 3.72. The van der Waals surface area contributed by atoms with Crippen molar-refractivity contribution in [3.63, 3.8) is 0 Å². The molecule has 94 valence electrons. The number of thiazole rings is 1. The number of amides is 1. The third kappa shape index (κ3) is 3.04. The third-order valence-electron chi connectivity index (χ3n) is 2.83. The van der Waals surface area contributed by atoms with E-state index in [0.29, 0.717) is 12.6 Å². The first-order valence-corrected chi connectivity index (χ1v) is 6.84. The van der Waals surface area contributed by atoms with Crippen LogP contribution in [0.4, 0.5) is 0 Å². The topological polar surface area (TPSA) is 45.2 Å². The van der Waals surface area contributed by atoms with Gasteiger partial charge in [0.1, 0.15) is 5.01 Å². The molecule has 1 aliphatic heterocycles. The number of carbonyl (C=O) groups is 1. The van der Waals surface area contributed by atoms with E-state index < -0.39 is 0 Å². The van der Waals surface area contributed by atoms with Gasteiger partial charge in [-0.2, -0.15) is 0 Å². The summed E-state index contributed by atoms with van der Waals surface area (Å²) < 4.78 is 0. The van der Waals surface area contributed by atoms with E-state index in [0.717, 1.165) is 18.0 Å². The van der Waals surface area contributed by atoms with Crippen LogP contribution in [0.15, 0.2) is 6.20 Å². The minimum absolute atomic E-state index is 0.00365. The second-order valence-corrected chi connectivity index (χ2v) is 6.11. The Morgan fingerprint density at radius 3 is 3.00 bits per heavy atom. The van der Waals surface area contributed by atoms with Crippen molar-refractivity contribution in [1.29, 1.82) is 0 Å². The van der Waals surface area contributed by atoms with Gasteiger partial charge in [-0.3, -0.25) is 4.79 Å². The van der Waals surface area contributed by atoms with Crippen molar-refractivity contribution >= 4 is 17.2 Å². The van der Waals surface area contributed by atoms with Gasteiger partial charge in [0, 0.05) is 23.7 Å². The highest BCUT2D eigenvalue weighted by atomic mass is 32.1. The summed E-state index contributed by atoms with van der Waals surface area (Å²) in [5, 5.41) is 4.33. The zero-order valence-electron chi connectivity index (χ0n) is 10.6. The van der Waals surface area contributed by atoms with E-state index in [9.17, 15) is 4.79 Å². The summed E-state index contributed by atoms with van der Waals surface area (Å²) >= 11 is 1.67. The Hall–Kier alpha value is -0.940.